The molecule has 0 aliphatic rings. The Morgan fingerprint density at radius 1 is 1.32 bits per heavy atom. The Balaban J connectivity index is 2.06. The van der Waals surface area contributed by atoms with Crippen molar-refractivity contribution in [3.63, 3.8) is 0 Å². The molecule has 0 aliphatic heterocycles. The van der Waals surface area contributed by atoms with Crippen molar-refractivity contribution in [3.8, 4) is 5.75 Å². The number of thiophene rings is 1. The third-order valence-electron chi connectivity index (χ3n) is 2.95. The van der Waals surface area contributed by atoms with E-state index >= 15 is 0 Å². The molecule has 2 aromatic rings. The summed E-state index contributed by atoms with van der Waals surface area (Å²) in [6.07, 6.45) is 0.877. The lowest BCUT2D eigenvalue weighted by molar-refractivity contribution is 0.0936. The molecule has 0 aliphatic carbocycles. The Bertz CT molecular complexity index is 520. The molecule has 0 fully saturated rings. The van der Waals surface area contributed by atoms with Gasteiger partial charge in [-0.05, 0) is 42.1 Å². The lowest BCUT2D eigenvalue weighted by Crippen LogP contribution is -2.27. The molecule has 100 valence electrons. The van der Waals surface area contributed by atoms with Gasteiger partial charge >= 0.3 is 0 Å². The molecule has 0 saturated heterocycles. The summed E-state index contributed by atoms with van der Waals surface area (Å²) in [5.41, 5.74) is 0.649. The molecule has 0 bridgehead atoms. The molecular weight excluding hydrogens is 258 g/mol. The van der Waals surface area contributed by atoms with Gasteiger partial charge < -0.3 is 10.1 Å². The Kier molecular flexibility index (Phi) is 4.58. The Morgan fingerprint density at radius 3 is 2.58 bits per heavy atom. The molecule has 1 heterocycles. The number of hydrogen-bond donors (Lipinski definition) is 1. The maximum Gasteiger partial charge on any atom is 0.251 e. The lowest BCUT2D eigenvalue weighted by atomic mass is 10.1. The van der Waals surface area contributed by atoms with Crippen LogP contribution in [-0.2, 0) is 0 Å². The molecule has 19 heavy (non-hydrogen) atoms. The van der Waals surface area contributed by atoms with Crippen LogP contribution in [0.4, 0.5) is 0 Å². The number of benzene rings is 1. The molecule has 4 heteroatoms. The SMILES string of the molecule is CCC(NC(=O)c1ccc(OC)cc1)c1cccs1. The minimum atomic E-state index is -0.0529. The molecule has 2 rings (SSSR count). The third kappa shape index (κ3) is 3.35. The van der Waals surface area contributed by atoms with Gasteiger partial charge in [-0.2, -0.15) is 0 Å². The standard InChI is InChI=1S/C15H17NO2S/c1-3-13(14-5-4-10-19-14)16-15(17)11-6-8-12(18-2)9-7-11/h4-10,13H,3H2,1-2H3,(H,16,17). The highest BCUT2D eigenvalue weighted by atomic mass is 32.1. The van der Waals surface area contributed by atoms with Gasteiger partial charge in [0.25, 0.3) is 5.91 Å². The number of amides is 1. The van der Waals surface area contributed by atoms with Crippen LogP contribution < -0.4 is 10.1 Å². The maximum atomic E-state index is 12.2. The highest BCUT2D eigenvalue weighted by Gasteiger charge is 2.14. The van der Waals surface area contributed by atoms with E-state index in [9.17, 15) is 4.79 Å². The summed E-state index contributed by atoms with van der Waals surface area (Å²) in [5, 5.41) is 5.08. The first-order valence-electron chi connectivity index (χ1n) is 6.23. The fourth-order valence-electron chi connectivity index (χ4n) is 1.85. The van der Waals surface area contributed by atoms with E-state index in [4.69, 9.17) is 4.74 Å². The van der Waals surface area contributed by atoms with Crippen molar-refractivity contribution >= 4 is 17.2 Å². The molecule has 0 radical (unpaired) electrons. The van der Waals surface area contributed by atoms with Crippen LogP contribution in [0, 0.1) is 0 Å². The minimum Gasteiger partial charge on any atom is -0.497 e. The van der Waals surface area contributed by atoms with Crippen LogP contribution in [0.2, 0.25) is 0 Å². The summed E-state index contributed by atoms with van der Waals surface area (Å²) in [5.74, 6) is 0.699. The van der Waals surface area contributed by atoms with Gasteiger partial charge in [0.2, 0.25) is 0 Å². The molecule has 3 nitrogen and oxygen atoms in total. The van der Waals surface area contributed by atoms with Crippen molar-refractivity contribution in [2.75, 3.05) is 7.11 Å². The average Bonchev–Trinajstić information content (AvgIpc) is 2.98. The summed E-state index contributed by atoms with van der Waals surface area (Å²) < 4.78 is 5.08. The number of hydrogen-bond acceptors (Lipinski definition) is 3. The zero-order valence-corrected chi connectivity index (χ0v) is 11.9. The summed E-state index contributed by atoms with van der Waals surface area (Å²) in [6, 6.07) is 11.3. The summed E-state index contributed by atoms with van der Waals surface area (Å²) in [6.45, 7) is 2.07. The largest absolute Gasteiger partial charge is 0.497 e. The van der Waals surface area contributed by atoms with Crippen LogP contribution in [0.25, 0.3) is 0 Å². The van der Waals surface area contributed by atoms with Crippen LogP contribution in [0.3, 0.4) is 0 Å². The molecule has 1 atom stereocenters. The highest BCUT2D eigenvalue weighted by Crippen LogP contribution is 2.22. The van der Waals surface area contributed by atoms with E-state index in [0.717, 1.165) is 12.2 Å². The van der Waals surface area contributed by atoms with Crippen LogP contribution in [0.1, 0.15) is 34.6 Å². The maximum absolute atomic E-state index is 12.2. The van der Waals surface area contributed by atoms with Crippen LogP contribution >= 0.6 is 11.3 Å². The summed E-state index contributed by atoms with van der Waals surface area (Å²) in [7, 11) is 1.61. The van der Waals surface area contributed by atoms with Gasteiger partial charge in [0.05, 0.1) is 13.2 Å². The quantitative estimate of drug-likeness (QED) is 0.904. The smallest absolute Gasteiger partial charge is 0.251 e. The van der Waals surface area contributed by atoms with Crippen molar-refractivity contribution in [2.45, 2.75) is 19.4 Å². The second kappa shape index (κ2) is 6.38. The molecule has 1 amide bonds. The topological polar surface area (TPSA) is 38.3 Å². The molecule has 1 unspecified atom stereocenters. The average molecular weight is 275 g/mol. The van der Waals surface area contributed by atoms with Crippen molar-refractivity contribution < 1.29 is 9.53 Å². The van der Waals surface area contributed by atoms with E-state index in [0.29, 0.717) is 5.56 Å². The predicted octanol–water partition coefficient (Wildman–Crippen LogP) is 3.64. The van der Waals surface area contributed by atoms with Crippen molar-refractivity contribution in [1.29, 1.82) is 0 Å². The number of rotatable bonds is 5. The Hall–Kier alpha value is -1.81. The van der Waals surface area contributed by atoms with Crippen LogP contribution in [0.15, 0.2) is 41.8 Å². The van der Waals surface area contributed by atoms with Crippen LogP contribution in [-0.4, -0.2) is 13.0 Å². The molecule has 1 aromatic carbocycles. The normalized spacial score (nSPS) is 11.9. The molecule has 1 N–H and O–H groups in total. The number of methoxy groups -OCH3 is 1. The highest BCUT2D eigenvalue weighted by molar-refractivity contribution is 7.10. The predicted molar refractivity (Wildman–Crippen MR) is 77.8 cm³/mol. The monoisotopic (exact) mass is 275 g/mol. The second-order valence-electron chi connectivity index (χ2n) is 4.18. The van der Waals surface area contributed by atoms with Crippen molar-refractivity contribution in [2.24, 2.45) is 0 Å². The van der Waals surface area contributed by atoms with E-state index in [-0.39, 0.29) is 11.9 Å². The van der Waals surface area contributed by atoms with Crippen LogP contribution in [0.5, 0.6) is 5.75 Å². The second-order valence-corrected chi connectivity index (χ2v) is 5.16. The number of carbonyl (C=O) groups excluding carboxylic acids is 1. The van der Waals surface area contributed by atoms with E-state index in [1.54, 1.807) is 42.7 Å². The lowest BCUT2D eigenvalue weighted by Gasteiger charge is -2.15. The van der Waals surface area contributed by atoms with Crippen molar-refractivity contribution in [3.05, 3.63) is 52.2 Å². The van der Waals surface area contributed by atoms with Gasteiger partial charge in [0.15, 0.2) is 0 Å². The van der Waals surface area contributed by atoms with Gasteiger partial charge in [0.1, 0.15) is 5.75 Å². The fourth-order valence-corrected chi connectivity index (χ4v) is 2.71. The zero-order chi connectivity index (χ0) is 13.7. The fraction of sp³-hybridized carbons (Fsp3) is 0.267. The first kappa shape index (κ1) is 13.6. The molecule has 0 saturated carbocycles. The van der Waals surface area contributed by atoms with E-state index < -0.39 is 0 Å². The molecular formula is C15H17NO2S. The first-order chi connectivity index (χ1) is 9.24. The number of ether oxygens (including phenoxy) is 1. The van der Waals surface area contributed by atoms with E-state index in [1.165, 1.54) is 4.88 Å². The van der Waals surface area contributed by atoms with Crippen molar-refractivity contribution in [1.82, 2.24) is 5.32 Å². The van der Waals surface area contributed by atoms with E-state index in [2.05, 4.69) is 12.2 Å². The molecule has 0 spiro atoms. The number of nitrogens with one attached hydrogen (secondary N) is 1. The number of carbonyl (C=O) groups is 1. The van der Waals surface area contributed by atoms with Gasteiger partial charge in [-0.25, -0.2) is 0 Å². The summed E-state index contributed by atoms with van der Waals surface area (Å²) in [4.78, 5) is 13.3. The Morgan fingerprint density at radius 2 is 2.05 bits per heavy atom. The van der Waals surface area contributed by atoms with Gasteiger partial charge in [-0.3, -0.25) is 4.79 Å². The third-order valence-corrected chi connectivity index (χ3v) is 3.94. The minimum absolute atomic E-state index is 0.0529. The first-order valence-corrected chi connectivity index (χ1v) is 7.11. The van der Waals surface area contributed by atoms with Gasteiger partial charge in [0, 0.05) is 10.4 Å². The molecule has 1 aromatic heterocycles. The van der Waals surface area contributed by atoms with Gasteiger partial charge in [-0.1, -0.05) is 13.0 Å². The van der Waals surface area contributed by atoms with Gasteiger partial charge in [-0.15, -0.1) is 11.3 Å². The van der Waals surface area contributed by atoms with E-state index in [1.807, 2.05) is 17.5 Å². The summed E-state index contributed by atoms with van der Waals surface area (Å²) >= 11 is 1.66. The Labute approximate surface area is 117 Å². The zero-order valence-electron chi connectivity index (χ0n) is 11.1.